The molecule has 2 aromatic heterocycles. The number of pyridine rings is 1. The molecular weight excluding hydrogens is 316 g/mol. The number of esters is 1. The number of aromatic amines is 1. The normalized spacial score (nSPS) is 12.8. The molecule has 2 N–H and O–H groups in total. The van der Waals surface area contributed by atoms with Gasteiger partial charge in [0.05, 0.1) is 5.52 Å². The van der Waals surface area contributed by atoms with Gasteiger partial charge in [-0.1, -0.05) is 18.2 Å². The van der Waals surface area contributed by atoms with Crippen molar-refractivity contribution in [2.24, 2.45) is 0 Å². The number of aliphatic hydroxyl groups is 1. The summed E-state index contributed by atoms with van der Waals surface area (Å²) in [4.78, 5) is 19.6. The fourth-order valence-electron chi connectivity index (χ4n) is 3.45. The summed E-state index contributed by atoms with van der Waals surface area (Å²) in [6.07, 6.45) is 0.420. The number of carbonyl (C=O) groups is 1. The third-order valence-electron chi connectivity index (χ3n) is 4.69. The molecule has 0 radical (unpaired) electrons. The highest BCUT2D eigenvalue weighted by molar-refractivity contribution is 6.17. The molecule has 0 aliphatic heterocycles. The van der Waals surface area contributed by atoms with Crippen LogP contribution in [-0.2, 0) is 4.79 Å². The van der Waals surface area contributed by atoms with E-state index in [-0.39, 0.29) is 5.88 Å². The van der Waals surface area contributed by atoms with Crippen molar-refractivity contribution in [1.82, 2.24) is 9.97 Å². The highest BCUT2D eigenvalue weighted by Gasteiger charge is 2.20. The Labute approximate surface area is 144 Å². The highest BCUT2D eigenvalue weighted by Crippen LogP contribution is 2.39. The van der Waals surface area contributed by atoms with Crippen LogP contribution < -0.4 is 4.74 Å². The molecule has 0 aliphatic rings. The average molecular weight is 334 g/mol. The number of ether oxygens (including phenoxy) is 1. The minimum atomic E-state index is -1.20. The summed E-state index contributed by atoms with van der Waals surface area (Å²) >= 11 is 0. The molecule has 4 aromatic rings. The van der Waals surface area contributed by atoms with E-state index in [9.17, 15) is 9.90 Å². The van der Waals surface area contributed by atoms with Gasteiger partial charge < -0.3 is 14.8 Å². The minimum absolute atomic E-state index is 0.233. The first kappa shape index (κ1) is 15.6. The Morgan fingerprint density at radius 2 is 1.88 bits per heavy atom. The van der Waals surface area contributed by atoms with E-state index in [1.165, 1.54) is 6.92 Å². The second kappa shape index (κ2) is 5.57. The first-order valence-electron chi connectivity index (χ1n) is 8.17. The van der Waals surface area contributed by atoms with Crippen molar-refractivity contribution in [3.8, 4) is 5.88 Å². The van der Waals surface area contributed by atoms with Gasteiger partial charge in [-0.25, -0.2) is 9.78 Å². The van der Waals surface area contributed by atoms with Crippen molar-refractivity contribution in [3.63, 3.8) is 0 Å². The zero-order valence-electron chi connectivity index (χ0n) is 14.3. The number of aliphatic hydroxyl groups excluding tert-OH is 1. The number of rotatable bonds is 2. The van der Waals surface area contributed by atoms with Gasteiger partial charge in [0.15, 0.2) is 0 Å². The number of H-pyrrole nitrogens is 1. The van der Waals surface area contributed by atoms with Crippen LogP contribution in [0.25, 0.3) is 32.6 Å². The number of nitrogens with zero attached hydrogens (tertiary/aromatic N) is 1. The second-order valence-corrected chi connectivity index (χ2v) is 6.31. The SMILES string of the molecule is Cc1c2ccnc(OC(=O)C(C)O)c2c(C)c2c1[nH]c1ccccc12. The molecule has 5 nitrogen and oxygen atoms in total. The molecule has 0 spiro atoms. The molecule has 4 rings (SSSR count). The van der Waals surface area contributed by atoms with Gasteiger partial charge in [0, 0.05) is 27.9 Å². The Hall–Kier alpha value is -2.92. The number of aryl methyl sites for hydroxylation is 2. The molecule has 126 valence electrons. The fourth-order valence-corrected chi connectivity index (χ4v) is 3.45. The molecule has 2 heterocycles. The number of hydrogen-bond donors (Lipinski definition) is 2. The van der Waals surface area contributed by atoms with Gasteiger partial charge in [-0.15, -0.1) is 0 Å². The average Bonchev–Trinajstić information content (AvgIpc) is 2.99. The highest BCUT2D eigenvalue weighted by atomic mass is 16.6. The van der Waals surface area contributed by atoms with Gasteiger partial charge in [0.25, 0.3) is 0 Å². The molecule has 5 heteroatoms. The summed E-state index contributed by atoms with van der Waals surface area (Å²) in [5.41, 5.74) is 4.21. The third-order valence-corrected chi connectivity index (χ3v) is 4.69. The lowest BCUT2D eigenvalue weighted by molar-refractivity contribution is -0.142. The lowest BCUT2D eigenvalue weighted by atomic mass is 9.96. The lowest BCUT2D eigenvalue weighted by Gasteiger charge is -2.13. The van der Waals surface area contributed by atoms with Gasteiger partial charge in [-0.05, 0) is 49.4 Å². The van der Waals surface area contributed by atoms with Crippen LogP contribution in [0, 0.1) is 13.8 Å². The Balaban J connectivity index is 2.12. The first-order valence-corrected chi connectivity index (χ1v) is 8.17. The number of para-hydroxylation sites is 1. The maximum atomic E-state index is 11.9. The topological polar surface area (TPSA) is 75.2 Å². The van der Waals surface area contributed by atoms with Crippen LogP contribution in [0.2, 0.25) is 0 Å². The molecule has 0 fully saturated rings. The summed E-state index contributed by atoms with van der Waals surface area (Å²) in [6.45, 7) is 5.43. The van der Waals surface area contributed by atoms with E-state index in [4.69, 9.17) is 4.74 Å². The Morgan fingerprint density at radius 1 is 1.12 bits per heavy atom. The summed E-state index contributed by atoms with van der Waals surface area (Å²) in [6, 6.07) is 10.0. The molecule has 0 amide bonds. The number of carbonyl (C=O) groups excluding carboxylic acids is 1. The van der Waals surface area contributed by atoms with Crippen molar-refractivity contribution in [3.05, 3.63) is 47.7 Å². The van der Waals surface area contributed by atoms with Crippen LogP contribution in [0.1, 0.15) is 18.1 Å². The van der Waals surface area contributed by atoms with Crippen molar-refractivity contribution >= 4 is 38.5 Å². The Morgan fingerprint density at radius 3 is 2.64 bits per heavy atom. The largest absolute Gasteiger partial charge is 0.405 e. The van der Waals surface area contributed by atoms with Crippen molar-refractivity contribution < 1.29 is 14.6 Å². The smallest absolute Gasteiger partial charge is 0.341 e. The van der Waals surface area contributed by atoms with Gasteiger partial charge >= 0.3 is 5.97 Å². The molecular formula is C20H18N2O3. The monoisotopic (exact) mass is 334 g/mol. The molecule has 25 heavy (non-hydrogen) atoms. The summed E-state index contributed by atoms with van der Waals surface area (Å²) in [5.74, 6) is -0.479. The van der Waals surface area contributed by atoms with E-state index in [0.717, 1.165) is 43.7 Å². The van der Waals surface area contributed by atoms with Crippen LogP contribution in [-0.4, -0.2) is 27.1 Å². The zero-order chi connectivity index (χ0) is 17.7. The van der Waals surface area contributed by atoms with Gasteiger partial charge in [0.1, 0.15) is 6.10 Å². The zero-order valence-corrected chi connectivity index (χ0v) is 14.3. The number of aromatic nitrogens is 2. The van der Waals surface area contributed by atoms with E-state index in [1.54, 1.807) is 6.20 Å². The van der Waals surface area contributed by atoms with Crippen LogP contribution in [0.3, 0.4) is 0 Å². The summed E-state index contributed by atoms with van der Waals surface area (Å²) in [7, 11) is 0. The van der Waals surface area contributed by atoms with Crippen LogP contribution in [0.5, 0.6) is 5.88 Å². The van der Waals surface area contributed by atoms with Crippen LogP contribution in [0.15, 0.2) is 36.5 Å². The quantitative estimate of drug-likeness (QED) is 0.547. The molecule has 0 bridgehead atoms. The number of hydrogen-bond acceptors (Lipinski definition) is 4. The van der Waals surface area contributed by atoms with Gasteiger partial charge in [-0.3, -0.25) is 0 Å². The standard InChI is InChI=1S/C20H18N2O3/c1-10-13-8-9-21-19(25-20(24)12(3)23)17(13)11(2)16-14-6-4-5-7-15(14)22-18(10)16/h4-9,12,22-23H,1-3H3. The minimum Gasteiger partial charge on any atom is -0.405 e. The molecule has 0 saturated carbocycles. The Kier molecular flexibility index (Phi) is 3.47. The van der Waals surface area contributed by atoms with Crippen molar-refractivity contribution in [2.45, 2.75) is 26.9 Å². The number of fused-ring (bicyclic) bond motifs is 4. The molecule has 1 atom stereocenters. The third kappa shape index (κ3) is 2.27. The molecule has 0 aliphatic carbocycles. The predicted molar refractivity (Wildman–Crippen MR) is 97.9 cm³/mol. The Bertz CT molecular complexity index is 1140. The van der Waals surface area contributed by atoms with Crippen LogP contribution in [0.4, 0.5) is 0 Å². The van der Waals surface area contributed by atoms with Gasteiger partial charge in [0.2, 0.25) is 5.88 Å². The second-order valence-electron chi connectivity index (χ2n) is 6.31. The molecule has 1 unspecified atom stereocenters. The lowest BCUT2D eigenvalue weighted by Crippen LogP contribution is -2.22. The van der Waals surface area contributed by atoms with E-state index >= 15 is 0 Å². The van der Waals surface area contributed by atoms with Crippen LogP contribution >= 0.6 is 0 Å². The first-order chi connectivity index (χ1) is 12.0. The molecule has 2 aromatic carbocycles. The molecule has 0 saturated heterocycles. The van der Waals surface area contributed by atoms with E-state index in [0.29, 0.717) is 0 Å². The van der Waals surface area contributed by atoms with Gasteiger partial charge in [-0.2, -0.15) is 0 Å². The summed E-state index contributed by atoms with van der Waals surface area (Å²) in [5, 5.41) is 13.4. The van der Waals surface area contributed by atoms with Crippen molar-refractivity contribution in [2.75, 3.05) is 0 Å². The number of benzene rings is 2. The van der Waals surface area contributed by atoms with E-state index < -0.39 is 12.1 Å². The number of nitrogens with one attached hydrogen (secondary N) is 1. The van der Waals surface area contributed by atoms with Crippen molar-refractivity contribution in [1.29, 1.82) is 0 Å². The van der Waals surface area contributed by atoms with E-state index in [2.05, 4.69) is 16.0 Å². The predicted octanol–water partition coefficient (Wildman–Crippen LogP) is 3.77. The maximum absolute atomic E-state index is 11.9. The maximum Gasteiger partial charge on any atom is 0.341 e. The fraction of sp³-hybridized carbons (Fsp3) is 0.200. The summed E-state index contributed by atoms with van der Waals surface area (Å²) < 4.78 is 5.35. The van der Waals surface area contributed by atoms with E-state index in [1.807, 2.05) is 38.1 Å².